The van der Waals surface area contributed by atoms with Crippen LogP contribution in [-0.2, 0) is 14.3 Å². The van der Waals surface area contributed by atoms with Crippen molar-refractivity contribution < 1.29 is 23.9 Å². The van der Waals surface area contributed by atoms with Gasteiger partial charge in [-0.25, -0.2) is 0 Å². The van der Waals surface area contributed by atoms with E-state index in [1.807, 2.05) is 19.1 Å². The van der Waals surface area contributed by atoms with Crippen molar-refractivity contribution in [1.29, 1.82) is 0 Å². The van der Waals surface area contributed by atoms with Crippen molar-refractivity contribution in [1.82, 2.24) is 0 Å². The van der Waals surface area contributed by atoms with Gasteiger partial charge in [0.1, 0.15) is 11.9 Å². The van der Waals surface area contributed by atoms with Crippen molar-refractivity contribution in [2.24, 2.45) is 23.7 Å². The molecular formula is C24H23NO5. The smallest absolute Gasteiger partial charge is 0.310 e. The van der Waals surface area contributed by atoms with Gasteiger partial charge in [0.25, 0.3) is 0 Å². The lowest BCUT2D eigenvalue weighted by Crippen LogP contribution is -2.35. The van der Waals surface area contributed by atoms with Crippen LogP contribution in [0, 0.1) is 30.6 Å². The molecule has 6 heteroatoms. The van der Waals surface area contributed by atoms with Gasteiger partial charge < -0.3 is 14.8 Å². The average molecular weight is 405 g/mol. The Labute approximate surface area is 174 Å². The van der Waals surface area contributed by atoms with E-state index in [1.165, 1.54) is 0 Å². The van der Waals surface area contributed by atoms with Gasteiger partial charge in [-0.2, -0.15) is 0 Å². The van der Waals surface area contributed by atoms with Crippen LogP contribution in [0.2, 0.25) is 0 Å². The van der Waals surface area contributed by atoms with E-state index in [0.29, 0.717) is 17.0 Å². The quantitative estimate of drug-likeness (QED) is 0.589. The van der Waals surface area contributed by atoms with Crippen LogP contribution in [0.3, 0.4) is 0 Å². The van der Waals surface area contributed by atoms with Crippen LogP contribution >= 0.6 is 0 Å². The lowest BCUT2D eigenvalue weighted by molar-refractivity contribution is -0.145. The summed E-state index contributed by atoms with van der Waals surface area (Å²) in [6.45, 7) is 1.92. The summed E-state index contributed by atoms with van der Waals surface area (Å²) in [5.41, 5.74) is 2.35. The summed E-state index contributed by atoms with van der Waals surface area (Å²) >= 11 is 0. The molecule has 2 bridgehead atoms. The fraction of sp³-hybridized carbons (Fsp3) is 0.375. The van der Waals surface area contributed by atoms with E-state index in [2.05, 4.69) is 5.32 Å². The third-order valence-electron chi connectivity index (χ3n) is 6.65. The second-order valence-electron chi connectivity index (χ2n) is 8.51. The summed E-state index contributed by atoms with van der Waals surface area (Å²) in [6, 6.07) is 14.3. The molecule has 2 aliphatic carbocycles. The minimum Gasteiger partial charge on any atom is -0.485 e. The molecular weight excluding hydrogens is 382 g/mol. The first kappa shape index (κ1) is 18.9. The van der Waals surface area contributed by atoms with Crippen molar-refractivity contribution in [3.05, 3.63) is 59.7 Å². The molecule has 0 spiro atoms. The average Bonchev–Trinajstić information content (AvgIpc) is 3.36. The van der Waals surface area contributed by atoms with Crippen LogP contribution in [0.1, 0.15) is 28.8 Å². The standard InChI is InChI=1S/C24H23NO5/c1-13-2-4-14(5-3-13)19(26)12-29-17-8-6-16(7-9-17)25-23(27)21-15-10-18-20(11-15)30-24(28)22(18)21/h2-9,15,18,20-22H,10-12H2,1H3,(H,25,27)/t15-,18+,20-,21+,22+/m1/s1. The maximum Gasteiger partial charge on any atom is 0.310 e. The first-order valence-corrected chi connectivity index (χ1v) is 10.3. The van der Waals surface area contributed by atoms with Crippen molar-refractivity contribution in [3.63, 3.8) is 0 Å². The summed E-state index contributed by atoms with van der Waals surface area (Å²) in [4.78, 5) is 37.1. The minimum atomic E-state index is -0.302. The molecule has 0 radical (unpaired) electrons. The van der Waals surface area contributed by atoms with Gasteiger partial charge >= 0.3 is 5.97 Å². The van der Waals surface area contributed by atoms with Crippen LogP contribution in [0.4, 0.5) is 5.69 Å². The predicted molar refractivity (Wildman–Crippen MR) is 109 cm³/mol. The van der Waals surface area contributed by atoms with Gasteiger partial charge in [0.2, 0.25) is 5.91 Å². The largest absolute Gasteiger partial charge is 0.485 e. The molecule has 30 heavy (non-hydrogen) atoms. The second-order valence-corrected chi connectivity index (χ2v) is 8.51. The van der Waals surface area contributed by atoms with Gasteiger partial charge in [-0.1, -0.05) is 29.8 Å². The number of anilines is 1. The molecule has 3 aliphatic rings. The molecule has 2 aromatic carbocycles. The van der Waals surface area contributed by atoms with E-state index in [1.54, 1.807) is 36.4 Å². The molecule has 3 fully saturated rings. The van der Waals surface area contributed by atoms with Crippen LogP contribution < -0.4 is 10.1 Å². The van der Waals surface area contributed by atoms with Crippen molar-refractivity contribution in [2.45, 2.75) is 25.9 Å². The lowest BCUT2D eigenvalue weighted by atomic mass is 9.79. The van der Waals surface area contributed by atoms with Crippen molar-refractivity contribution in [3.8, 4) is 5.75 Å². The molecule has 0 aromatic heterocycles. The first-order chi connectivity index (χ1) is 14.5. The third kappa shape index (κ3) is 3.26. The Bertz CT molecular complexity index is 995. The highest BCUT2D eigenvalue weighted by Gasteiger charge is 2.63. The number of hydrogen-bond donors (Lipinski definition) is 1. The number of fused-ring (bicyclic) bond motifs is 1. The minimum absolute atomic E-state index is 0.0237. The fourth-order valence-corrected chi connectivity index (χ4v) is 5.19. The number of hydrogen-bond acceptors (Lipinski definition) is 5. The van der Waals surface area contributed by atoms with Crippen LogP contribution in [-0.4, -0.2) is 30.4 Å². The van der Waals surface area contributed by atoms with Crippen LogP contribution in [0.15, 0.2) is 48.5 Å². The molecule has 2 aromatic rings. The highest BCUT2D eigenvalue weighted by Crippen LogP contribution is 2.57. The zero-order chi connectivity index (χ0) is 20.8. The van der Waals surface area contributed by atoms with Gasteiger partial charge in [0.15, 0.2) is 12.4 Å². The molecule has 1 aliphatic heterocycles. The fourth-order valence-electron chi connectivity index (χ4n) is 5.19. The lowest BCUT2D eigenvalue weighted by Gasteiger charge is -2.23. The summed E-state index contributed by atoms with van der Waals surface area (Å²) in [5, 5.41) is 2.93. The van der Waals surface area contributed by atoms with Gasteiger partial charge in [0, 0.05) is 17.2 Å². The topological polar surface area (TPSA) is 81.7 Å². The van der Waals surface area contributed by atoms with Crippen molar-refractivity contribution in [2.75, 3.05) is 11.9 Å². The van der Waals surface area contributed by atoms with Gasteiger partial charge in [-0.05, 0) is 49.9 Å². The Morgan fingerprint density at radius 3 is 2.53 bits per heavy atom. The number of ether oxygens (including phenoxy) is 2. The zero-order valence-electron chi connectivity index (χ0n) is 16.7. The Morgan fingerprint density at radius 2 is 1.80 bits per heavy atom. The normalized spacial score (nSPS) is 28.3. The van der Waals surface area contributed by atoms with Crippen LogP contribution in [0.5, 0.6) is 5.75 Å². The molecule has 5 atom stereocenters. The van der Waals surface area contributed by atoms with E-state index in [9.17, 15) is 14.4 Å². The Morgan fingerprint density at radius 1 is 1.07 bits per heavy atom. The number of rotatable bonds is 6. The molecule has 1 heterocycles. The molecule has 6 nitrogen and oxygen atoms in total. The first-order valence-electron chi connectivity index (χ1n) is 10.3. The molecule has 154 valence electrons. The number of Topliss-reactive ketones (excluding diaryl/α,β-unsaturated/α-hetero) is 1. The van der Waals surface area contributed by atoms with E-state index in [0.717, 1.165) is 18.4 Å². The molecule has 1 N–H and O–H groups in total. The number of nitrogens with one attached hydrogen (secondary N) is 1. The Balaban J connectivity index is 1.17. The van der Waals surface area contributed by atoms with E-state index >= 15 is 0 Å². The highest BCUT2D eigenvalue weighted by atomic mass is 16.6. The van der Waals surface area contributed by atoms with Gasteiger partial charge in [0.05, 0.1) is 11.8 Å². The summed E-state index contributed by atoms with van der Waals surface area (Å²) in [5.74, 6) is -0.0263. The van der Waals surface area contributed by atoms with E-state index < -0.39 is 0 Å². The number of esters is 1. The highest BCUT2D eigenvalue weighted by molar-refractivity contribution is 5.98. The number of amides is 1. The number of ketones is 1. The molecule has 2 saturated carbocycles. The summed E-state index contributed by atoms with van der Waals surface area (Å²) in [7, 11) is 0. The number of carbonyl (C=O) groups excluding carboxylic acids is 3. The molecule has 0 unspecified atom stereocenters. The molecule has 1 amide bonds. The van der Waals surface area contributed by atoms with Crippen molar-refractivity contribution >= 4 is 23.3 Å². The van der Waals surface area contributed by atoms with E-state index in [-0.39, 0.29) is 54.0 Å². The van der Waals surface area contributed by atoms with E-state index in [4.69, 9.17) is 9.47 Å². The Hall–Kier alpha value is -3.15. The summed E-state index contributed by atoms with van der Waals surface area (Å²) < 4.78 is 11.0. The van der Waals surface area contributed by atoms with Crippen LogP contribution in [0.25, 0.3) is 0 Å². The predicted octanol–water partition coefficient (Wildman–Crippen LogP) is 3.39. The second kappa shape index (κ2) is 7.27. The maximum atomic E-state index is 12.8. The SMILES string of the molecule is Cc1ccc(C(=O)COc2ccc(NC(=O)[C@H]3[C@@H]4C[C@@H]5[C@@H]3C(=O)O[C@@H]5C4)cc2)cc1. The number of carbonyl (C=O) groups is 3. The summed E-state index contributed by atoms with van der Waals surface area (Å²) in [6.07, 6.45) is 1.73. The number of aryl methyl sites for hydroxylation is 1. The zero-order valence-corrected chi connectivity index (χ0v) is 16.7. The monoisotopic (exact) mass is 405 g/mol. The number of benzene rings is 2. The van der Waals surface area contributed by atoms with Gasteiger partial charge in [-0.15, -0.1) is 0 Å². The third-order valence-corrected chi connectivity index (χ3v) is 6.65. The Kier molecular flexibility index (Phi) is 4.57. The maximum absolute atomic E-state index is 12.8. The van der Waals surface area contributed by atoms with Gasteiger partial charge in [-0.3, -0.25) is 14.4 Å². The molecule has 5 rings (SSSR count). The molecule has 1 saturated heterocycles.